The molecule has 1 aliphatic heterocycles. The van der Waals surface area contributed by atoms with Crippen molar-refractivity contribution in [2.45, 2.75) is 18.9 Å². The zero-order chi connectivity index (χ0) is 17.4. The number of hydrogen-bond acceptors (Lipinski definition) is 6. The van der Waals surface area contributed by atoms with Gasteiger partial charge in [0.15, 0.2) is 0 Å². The Balaban J connectivity index is 1.71. The lowest BCUT2D eigenvalue weighted by molar-refractivity contribution is -0.385. The van der Waals surface area contributed by atoms with Crippen LogP contribution in [0.5, 0.6) is 0 Å². The maximum atomic E-state index is 12.5. The van der Waals surface area contributed by atoms with Crippen LogP contribution in [-0.2, 0) is 0 Å². The minimum absolute atomic E-state index is 0.153. The van der Waals surface area contributed by atoms with Gasteiger partial charge in [-0.15, -0.1) is 0 Å². The second-order valence-electron chi connectivity index (χ2n) is 5.98. The van der Waals surface area contributed by atoms with E-state index >= 15 is 0 Å². The van der Waals surface area contributed by atoms with E-state index in [1.54, 1.807) is 24.4 Å². The van der Waals surface area contributed by atoms with Crippen molar-refractivity contribution < 1.29 is 4.92 Å². The molecule has 0 aliphatic carbocycles. The van der Waals surface area contributed by atoms with Crippen molar-refractivity contribution >= 4 is 17.2 Å². The predicted octanol–water partition coefficient (Wildman–Crippen LogP) is 1.64. The Hall–Kier alpha value is -3.23. The van der Waals surface area contributed by atoms with Crippen molar-refractivity contribution in [3.8, 4) is 0 Å². The van der Waals surface area contributed by atoms with Crippen molar-refractivity contribution in [1.82, 2.24) is 19.2 Å². The molecule has 3 aromatic rings. The maximum absolute atomic E-state index is 12.5. The van der Waals surface area contributed by atoms with Gasteiger partial charge in [-0.2, -0.15) is 5.10 Å². The van der Waals surface area contributed by atoms with Crippen LogP contribution in [0.15, 0.2) is 47.7 Å². The Labute approximate surface area is 142 Å². The van der Waals surface area contributed by atoms with E-state index in [4.69, 9.17) is 0 Å². The van der Waals surface area contributed by atoms with Crippen LogP contribution in [0.1, 0.15) is 18.9 Å². The zero-order valence-corrected chi connectivity index (χ0v) is 13.4. The van der Waals surface area contributed by atoms with Crippen molar-refractivity contribution in [2.75, 3.05) is 18.0 Å². The average molecular weight is 340 g/mol. The molecule has 0 amide bonds. The molecule has 1 fully saturated rings. The SMILES string of the molecule is O=c1c([N+](=O)[O-])c(N2CCC(n3cccn3)CC2)nc2ccccn12. The minimum Gasteiger partial charge on any atom is -0.350 e. The van der Waals surface area contributed by atoms with Gasteiger partial charge in [0.05, 0.1) is 11.0 Å². The minimum atomic E-state index is -0.653. The molecule has 0 bridgehead atoms. The Morgan fingerprint density at radius 2 is 1.96 bits per heavy atom. The fraction of sp³-hybridized carbons (Fsp3) is 0.312. The molecular formula is C16H16N6O3. The van der Waals surface area contributed by atoms with E-state index in [2.05, 4.69) is 10.1 Å². The van der Waals surface area contributed by atoms with Crippen LogP contribution in [0.25, 0.3) is 5.65 Å². The fourth-order valence-corrected chi connectivity index (χ4v) is 3.29. The first-order chi connectivity index (χ1) is 12.1. The number of pyridine rings is 1. The summed E-state index contributed by atoms with van der Waals surface area (Å²) in [7, 11) is 0. The molecule has 0 unspecified atom stereocenters. The van der Waals surface area contributed by atoms with Gasteiger partial charge in [-0.25, -0.2) is 4.98 Å². The highest BCUT2D eigenvalue weighted by molar-refractivity contribution is 5.61. The van der Waals surface area contributed by atoms with Gasteiger partial charge in [0.1, 0.15) is 5.65 Å². The van der Waals surface area contributed by atoms with E-state index in [-0.39, 0.29) is 11.9 Å². The second kappa shape index (κ2) is 6.00. The van der Waals surface area contributed by atoms with Crippen LogP contribution in [0.4, 0.5) is 11.5 Å². The molecule has 4 heterocycles. The standard InChI is InChI=1S/C16H16N6O3/c23-16-14(22(24)25)15(18-13-4-1-2-8-20(13)16)19-10-5-12(6-11-19)21-9-3-7-17-21/h1-4,7-9,12H,5-6,10-11H2. The number of rotatable bonds is 3. The van der Waals surface area contributed by atoms with Gasteiger partial charge in [0, 0.05) is 31.7 Å². The summed E-state index contributed by atoms with van der Waals surface area (Å²) in [5, 5.41) is 15.8. The van der Waals surface area contributed by atoms with E-state index in [0.717, 1.165) is 12.8 Å². The van der Waals surface area contributed by atoms with Crippen LogP contribution < -0.4 is 10.5 Å². The predicted molar refractivity (Wildman–Crippen MR) is 90.8 cm³/mol. The van der Waals surface area contributed by atoms with Gasteiger partial charge >= 0.3 is 11.2 Å². The molecule has 1 saturated heterocycles. The molecule has 9 heteroatoms. The topological polar surface area (TPSA) is 98.6 Å². The Kier molecular flexibility index (Phi) is 3.68. The van der Waals surface area contributed by atoms with E-state index in [0.29, 0.717) is 18.7 Å². The largest absolute Gasteiger partial charge is 0.376 e. The van der Waals surface area contributed by atoms with Crippen molar-refractivity contribution in [2.24, 2.45) is 0 Å². The van der Waals surface area contributed by atoms with Crippen LogP contribution >= 0.6 is 0 Å². The van der Waals surface area contributed by atoms with E-state index in [1.807, 2.05) is 21.8 Å². The lowest BCUT2D eigenvalue weighted by atomic mass is 10.1. The highest BCUT2D eigenvalue weighted by Gasteiger charge is 2.30. The third kappa shape index (κ3) is 2.63. The van der Waals surface area contributed by atoms with Gasteiger partial charge in [-0.1, -0.05) is 6.07 Å². The molecule has 3 aromatic heterocycles. The van der Waals surface area contributed by atoms with Crippen molar-refractivity contribution in [1.29, 1.82) is 0 Å². The van der Waals surface area contributed by atoms with Crippen molar-refractivity contribution in [3.63, 3.8) is 0 Å². The quantitative estimate of drug-likeness (QED) is 0.531. The van der Waals surface area contributed by atoms with Crippen molar-refractivity contribution in [3.05, 3.63) is 63.3 Å². The smallest absolute Gasteiger partial charge is 0.350 e. The van der Waals surface area contributed by atoms with E-state index in [9.17, 15) is 14.9 Å². The Bertz CT molecular complexity index is 973. The van der Waals surface area contributed by atoms with Crippen LogP contribution in [0.3, 0.4) is 0 Å². The van der Waals surface area contributed by atoms with Crippen LogP contribution in [-0.4, -0.2) is 37.2 Å². The first-order valence-electron chi connectivity index (χ1n) is 8.05. The molecule has 0 N–H and O–H groups in total. The molecule has 9 nitrogen and oxygen atoms in total. The monoisotopic (exact) mass is 340 g/mol. The third-order valence-electron chi connectivity index (χ3n) is 4.54. The molecule has 128 valence electrons. The lowest BCUT2D eigenvalue weighted by Gasteiger charge is -2.32. The van der Waals surface area contributed by atoms with Crippen LogP contribution in [0, 0.1) is 10.1 Å². The summed E-state index contributed by atoms with van der Waals surface area (Å²) in [6.07, 6.45) is 6.72. The zero-order valence-electron chi connectivity index (χ0n) is 13.4. The second-order valence-corrected chi connectivity index (χ2v) is 5.98. The summed E-state index contributed by atoms with van der Waals surface area (Å²) in [4.78, 5) is 29.6. The fourth-order valence-electron chi connectivity index (χ4n) is 3.29. The summed E-state index contributed by atoms with van der Waals surface area (Å²) in [6.45, 7) is 1.17. The summed E-state index contributed by atoms with van der Waals surface area (Å²) in [5.74, 6) is 0.153. The number of nitrogens with zero attached hydrogens (tertiary/aromatic N) is 6. The highest BCUT2D eigenvalue weighted by atomic mass is 16.6. The summed E-state index contributed by atoms with van der Waals surface area (Å²) in [5.41, 5.74) is -0.719. The Morgan fingerprint density at radius 3 is 2.64 bits per heavy atom. The molecule has 0 spiro atoms. The highest BCUT2D eigenvalue weighted by Crippen LogP contribution is 2.29. The molecule has 0 atom stereocenters. The molecule has 25 heavy (non-hydrogen) atoms. The third-order valence-corrected chi connectivity index (χ3v) is 4.54. The number of anilines is 1. The van der Waals surface area contributed by atoms with E-state index in [1.165, 1.54) is 10.6 Å². The number of fused-ring (bicyclic) bond motifs is 1. The summed E-state index contributed by atoms with van der Waals surface area (Å²) < 4.78 is 3.12. The molecule has 4 rings (SSSR count). The number of nitro groups is 1. The van der Waals surface area contributed by atoms with Gasteiger partial charge in [-0.3, -0.25) is 24.0 Å². The lowest BCUT2D eigenvalue weighted by Crippen LogP contribution is -2.37. The van der Waals surface area contributed by atoms with E-state index < -0.39 is 16.2 Å². The average Bonchev–Trinajstić information content (AvgIpc) is 3.16. The Morgan fingerprint density at radius 1 is 1.16 bits per heavy atom. The molecule has 0 saturated carbocycles. The van der Waals surface area contributed by atoms with Gasteiger partial charge in [0.2, 0.25) is 5.82 Å². The van der Waals surface area contributed by atoms with Crippen LogP contribution in [0.2, 0.25) is 0 Å². The number of aromatic nitrogens is 4. The molecule has 1 aliphatic rings. The first-order valence-corrected chi connectivity index (χ1v) is 8.05. The summed E-state index contributed by atoms with van der Waals surface area (Å²) in [6, 6.07) is 7.21. The summed E-state index contributed by atoms with van der Waals surface area (Å²) >= 11 is 0. The van der Waals surface area contributed by atoms with Gasteiger partial charge in [-0.05, 0) is 31.0 Å². The maximum Gasteiger partial charge on any atom is 0.376 e. The number of hydrogen-bond donors (Lipinski definition) is 0. The first kappa shape index (κ1) is 15.3. The molecule has 0 radical (unpaired) electrons. The number of piperidine rings is 1. The van der Waals surface area contributed by atoms with Gasteiger partial charge < -0.3 is 4.90 Å². The van der Waals surface area contributed by atoms with Gasteiger partial charge in [0.25, 0.3) is 0 Å². The normalized spacial score (nSPS) is 15.6. The molecular weight excluding hydrogens is 324 g/mol. The molecule has 0 aromatic carbocycles.